The van der Waals surface area contributed by atoms with E-state index in [-0.39, 0.29) is 11.0 Å². The minimum Gasteiger partial charge on any atom is -0.293 e. The van der Waals surface area contributed by atoms with Crippen LogP contribution in [0, 0.1) is 0 Å². The zero-order valence-electron chi connectivity index (χ0n) is 17.8. The Morgan fingerprint density at radius 1 is 0.939 bits per heavy atom. The SMILES string of the molecule is CC(Sc1nnc(CSc2nc3ccccc3s2)n1-c1ccccc1)C(=O)c1ccccc1. The minimum atomic E-state index is -0.288. The van der Waals surface area contributed by atoms with Crippen LogP contribution in [0.3, 0.4) is 0 Å². The number of fused-ring (bicyclic) bond motifs is 1. The van der Waals surface area contributed by atoms with Crippen molar-refractivity contribution in [2.45, 2.75) is 27.4 Å². The molecule has 0 spiro atoms. The van der Waals surface area contributed by atoms with Gasteiger partial charge in [-0.15, -0.1) is 21.5 Å². The molecule has 2 heterocycles. The average Bonchev–Trinajstić information content (AvgIpc) is 3.46. The molecule has 0 aliphatic heterocycles. The van der Waals surface area contributed by atoms with E-state index in [2.05, 4.69) is 16.3 Å². The maximum Gasteiger partial charge on any atom is 0.196 e. The Hall–Kier alpha value is -2.94. The number of thioether (sulfide) groups is 2. The summed E-state index contributed by atoms with van der Waals surface area (Å²) in [5.41, 5.74) is 2.69. The lowest BCUT2D eigenvalue weighted by molar-refractivity contribution is 0.0994. The summed E-state index contributed by atoms with van der Waals surface area (Å²) in [7, 11) is 0. The number of hydrogen-bond donors (Lipinski definition) is 0. The van der Waals surface area contributed by atoms with Crippen LogP contribution in [0.5, 0.6) is 0 Å². The number of carbonyl (C=O) groups is 1. The molecule has 0 radical (unpaired) electrons. The van der Waals surface area contributed by atoms with Crippen LogP contribution in [0.2, 0.25) is 0 Å². The van der Waals surface area contributed by atoms with Gasteiger partial charge < -0.3 is 0 Å². The first-order valence-corrected chi connectivity index (χ1v) is 13.1. The zero-order valence-corrected chi connectivity index (χ0v) is 20.2. The Balaban J connectivity index is 1.40. The van der Waals surface area contributed by atoms with Crippen molar-refractivity contribution < 1.29 is 4.79 Å². The van der Waals surface area contributed by atoms with Crippen LogP contribution in [0.25, 0.3) is 15.9 Å². The number of para-hydroxylation sites is 2. The molecular weight excluding hydrogens is 469 g/mol. The average molecular weight is 489 g/mol. The van der Waals surface area contributed by atoms with Gasteiger partial charge >= 0.3 is 0 Å². The number of Topliss-reactive ketones (excluding diaryl/α,β-unsaturated/α-hetero) is 1. The van der Waals surface area contributed by atoms with Gasteiger partial charge in [0.15, 0.2) is 15.3 Å². The van der Waals surface area contributed by atoms with Crippen LogP contribution in [0.1, 0.15) is 23.1 Å². The van der Waals surface area contributed by atoms with Gasteiger partial charge in [-0.25, -0.2) is 4.98 Å². The van der Waals surface area contributed by atoms with E-state index in [0.717, 1.165) is 21.4 Å². The van der Waals surface area contributed by atoms with Crippen molar-refractivity contribution in [1.29, 1.82) is 0 Å². The topological polar surface area (TPSA) is 60.7 Å². The van der Waals surface area contributed by atoms with Crippen LogP contribution in [-0.2, 0) is 5.75 Å². The summed E-state index contributed by atoms with van der Waals surface area (Å²) in [6.45, 7) is 1.92. The predicted octanol–water partition coefficient (Wildman–Crippen LogP) is 6.53. The number of rotatable bonds is 8. The molecule has 5 nitrogen and oxygen atoms in total. The molecular formula is C25H20N4OS3. The predicted molar refractivity (Wildman–Crippen MR) is 137 cm³/mol. The summed E-state index contributed by atoms with van der Waals surface area (Å²) in [6.07, 6.45) is 0. The number of nitrogens with zero attached hydrogens (tertiary/aromatic N) is 4. The molecule has 2 aromatic heterocycles. The fourth-order valence-electron chi connectivity index (χ4n) is 3.39. The van der Waals surface area contributed by atoms with E-state index >= 15 is 0 Å². The molecule has 8 heteroatoms. The van der Waals surface area contributed by atoms with Crippen molar-refractivity contribution in [1.82, 2.24) is 19.7 Å². The number of aromatic nitrogens is 4. The summed E-state index contributed by atoms with van der Waals surface area (Å²) in [6, 6.07) is 27.6. The van der Waals surface area contributed by atoms with Crippen LogP contribution in [-0.4, -0.2) is 30.8 Å². The van der Waals surface area contributed by atoms with Crippen molar-refractivity contribution in [3.05, 3.63) is 96.3 Å². The molecule has 5 aromatic rings. The maximum absolute atomic E-state index is 12.9. The maximum atomic E-state index is 12.9. The van der Waals surface area contributed by atoms with Crippen molar-refractivity contribution in [3.63, 3.8) is 0 Å². The van der Waals surface area contributed by atoms with Gasteiger partial charge in [-0.05, 0) is 31.2 Å². The summed E-state index contributed by atoms with van der Waals surface area (Å²) in [5, 5.41) is 9.36. The number of ketones is 1. The largest absolute Gasteiger partial charge is 0.293 e. The number of hydrogen-bond acceptors (Lipinski definition) is 7. The third-order valence-corrected chi connectivity index (χ3v) is 8.24. The molecule has 0 amide bonds. The Kier molecular flexibility index (Phi) is 6.57. The Morgan fingerprint density at radius 2 is 1.64 bits per heavy atom. The fraction of sp³-hybridized carbons (Fsp3) is 0.120. The van der Waals surface area contributed by atoms with E-state index in [1.54, 1.807) is 23.1 Å². The Labute approximate surface area is 204 Å². The molecule has 0 aliphatic carbocycles. The van der Waals surface area contributed by atoms with Crippen LogP contribution >= 0.6 is 34.9 Å². The second-order valence-corrected chi connectivity index (χ2v) is 10.9. The quantitative estimate of drug-likeness (QED) is 0.183. The third-order valence-electron chi connectivity index (χ3n) is 5.02. The monoisotopic (exact) mass is 488 g/mol. The first-order chi connectivity index (χ1) is 16.2. The van der Waals surface area contributed by atoms with Gasteiger partial charge in [0.25, 0.3) is 0 Å². The smallest absolute Gasteiger partial charge is 0.196 e. The van der Waals surface area contributed by atoms with E-state index < -0.39 is 0 Å². The minimum absolute atomic E-state index is 0.0774. The molecule has 0 bridgehead atoms. The first-order valence-electron chi connectivity index (χ1n) is 10.4. The van der Waals surface area contributed by atoms with E-state index in [9.17, 15) is 4.79 Å². The van der Waals surface area contributed by atoms with Crippen molar-refractivity contribution in [2.24, 2.45) is 0 Å². The van der Waals surface area contributed by atoms with Crippen LogP contribution in [0.15, 0.2) is 94.4 Å². The summed E-state index contributed by atoms with van der Waals surface area (Å²) >= 11 is 4.76. The van der Waals surface area contributed by atoms with Gasteiger partial charge in [0, 0.05) is 11.3 Å². The van der Waals surface area contributed by atoms with Crippen molar-refractivity contribution in [2.75, 3.05) is 0 Å². The molecule has 5 rings (SSSR count). The van der Waals surface area contributed by atoms with Gasteiger partial charge in [-0.1, -0.05) is 84.2 Å². The van der Waals surface area contributed by atoms with Gasteiger partial charge in [-0.2, -0.15) is 0 Å². The fourth-order valence-corrected chi connectivity index (χ4v) is 6.34. The van der Waals surface area contributed by atoms with Crippen LogP contribution < -0.4 is 0 Å². The van der Waals surface area contributed by atoms with Crippen LogP contribution in [0.4, 0.5) is 0 Å². The molecule has 0 N–H and O–H groups in total. The lowest BCUT2D eigenvalue weighted by Crippen LogP contribution is -2.14. The first kappa shape index (κ1) is 21.9. The lowest BCUT2D eigenvalue weighted by atomic mass is 10.1. The highest BCUT2D eigenvalue weighted by Gasteiger charge is 2.22. The summed E-state index contributed by atoms with van der Waals surface area (Å²) < 4.78 is 4.22. The molecule has 1 atom stereocenters. The highest BCUT2D eigenvalue weighted by atomic mass is 32.2. The number of carbonyl (C=O) groups excluding carboxylic acids is 1. The van der Waals surface area contributed by atoms with E-state index in [1.807, 2.05) is 90.4 Å². The molecule has 0 aliphatic rings. The standard InChI is InChI=1S/C25H20N4OS3/c1-17(23(30)18-10-4-2-5-11-18)32-24-28-27-22(29(24)19-12-6-3-7-13-19)16-31-25-26-20-14-8-9-15-21(20)33-25/h2-15,17H,16H2,1H3. The molecule has 3 aromatic carbocycles. The van der Waals surface area contributed by atoms with Gasteiger partial charge in [-0.3, -0.25) is 9.36 Å². The zero-order chi connectivity index (χ0) is 22.6. The summed E-state index contributed by atoms with van der Waals surface area (Å²) in [5.74, 6) is 1.53. The number of benzene rings is 3. The highest BCUT2D eigenvalue weighted by molar-refractivity contribution is 8.00. The van der Waals surface area contributed by atoms with Crippen molar-refractivity contribution >= 4 is 50.9 Å². The van der Waals surface area contributed by atoms with E-state index in [0.29, 0.717) is 16.5 Å². The Morgan fingerprint density at radius 3 is 2.39 bits per heavy atom. The third kappa shape index (κ3) is 4.88. The van der Waals surface area contributed by atoms with E-state index in [1.165, 1.54) is 16.5 Å². The van der Waals surface area contributed by atoms with Crippen molar-refractivity contribution in [3.8, 4) is 5.69 Å². The molecule has 0 saturated carbocycles. The van der Waals surface area contributed by atoms with E-state index in [4.69, 9.17) is 4.98 Å². The lowest BCUT2D eigenvalue weighted by Gasteiger charge is -2.13. The second-order valence-electron chi connectivity index (χ2n) is 7.30. The molecule has 0 saturated heterocycles. The van der Waals surface area contributed by atoms with Gasteiger partial charge in [0.05, 0.1) is 21.2 Å². The van der Waals surface area contributed by atoms with Gasteiger partial charge in [0.1, 0.15) is 5.82 Å². The molecule has 1 unspecified atom stereocenters. The molecule has 164 valence electrons. The number of thiazole rings is 1. The molecule has 0 fully saturated rings. The van der Waals surface area contributed by atoms with Gasteiger partial charge in [0.2, 0.25) is 0 Å². The second kappa shape index (κ2) is 9.91. The normalized spacial score (nSPS) is 12.2. The summed E-state index contributed by atoms with van der Waals surface area (Å²) in [4.78, 5) is 17.6. The molecule has 33 heavy (non-hydrogen) atoms. The Bertz CT molecular complexity index is 1350. The highest BCUT2D eigenvalue weighted by Crippen LogP contribution is 2.33.